The summed E-state index contributed by atoms with van der Waals surface area (Å²) in [7, 11) is 1.58. The van der Waals surface area contributed by atoms with E-state index in [1.54, 1.807) is 14.0 Å². The first-order valence-corrected chi connectivity index (χ1v) is 6.46. The molecule has 1 heterocycles. The quantitative estimate of drug-likeness (QED) is 0.536. The van der Waals surface area contributed by atoms with Crippen molar-refractivity contribution in [2.45, 2.75) is 38.0 Å². The van der Waals surface area contributed by atoms with Gasteiger partial charge in [-0.1, -0.05) is 0 Å². The summed E-state index contributed by atoms with van der Waals surface area (Å²) < 4.78 is 10.8. The minimum absolute atomic E-state index is 0.0949. The molecule has 6 heteroatoms. The molecule has 1 amide bonds. The third kappa shape index (κ3) is 5.77. The van der Waals surface area contributed by atoms with Crippen molar-refractivity contribution in [3.05, 3.63) is 0 Å². The zero-order valence-electron chi connectivity index (χ0n) is 11.1. The number of ether oxygens (including phenoxy) is 2. The van der Waals surface area contributed by atoms with Gasteiger partial charge in [0, 0.05) is 20.2 Å². The number of amides is 1. The first-order chi connectivity index (χ1) is 8.63. The van der Waals surface area contributed by atoms with E-state index >= 15 is 0 Å². The number of aliphatic hydroxyl groups excluding tert-OH is 1. The van der Waals surface area contributed by atoms with E-state index in [2.05, 4.69) is 10.6 Å². The topological polar surface area (TPSA) is 79.8 Å². The van der Waals surface area contributed by atoms with E-state index in [1.807, 2.05) is 0 Å². The summed E-state index contributed by atoms with van der Waals surface area (Å²) in [6.45, 7) is 3.68. The number of aliphatic hydroxyl groups is 1. The van der Waals surface area contributed by atoms with E-state index in [-0.39, 0.29) is 24.7 Å². The molecule has 106 valence electrons. The van der Waals surface area contributed by atoms with Crippen LogP contribution in [0.15, 0.2) is 0 Å². The minimum Gasteiger partial charge on any atom is -0.389 e. The van der Waals surface area contributed by atoms with Crippen molar-refractivity contribution < 1.29 is 19.4 Å². The zero-order chi connectivity index (χ0) is 13.4. The van der Waals surface area contributed by atoms with E-state index in [0.29, 0.717) is 13.2 Å². The summed E-state index contributed by atoms with van der Waals surface area (Å²) in [6.07, 6.45) is 1.68. The predicted molar refractivity (Wildman–Crippen MR) is 67.3 cm³/mol. The lowest BCUT2D eigenvalue weighted by molar-refractivity contribution is -0.122. The van der Waals surface area contributed by atoms with Gasteiger partial charge in [-0.15, -0.1) is 0 Å². The first-order valence-electron chi connectivity index (χ1n) is 6.46. The molecule has 1 fully saturated rings. The third-order valence-electron chi connectivity index (χ3n) is 2.94. The molecule has 0 saturated carbocycles. The fourth-order valence-electron chi connectivity index (χ4n) is 1.79. The fraction of sp³-hybridized carbons (Fsp3) is 0.917. The highest BCUT2D eigenvalue weighted by atomic mass is 16.5. The molecule has 0 spiro atoms. The van der Waals surface area contributed by atoms with Gasteiger partial charge in [-0.2, -0.15) is 0 Å². The maximum absolute atomic E-state index is 11.2. The second kappa shape index (κ2) is 8.42. The molecule has 3 atom stereocenters. The fourth-order valence-corrected chi connectivity index (χ4v) is 1.79. The standard InChI is InChI=1S/C12H24N2O4/c1-9(12(16)13-2)14-6-10(15)7-17-8-11-4-3-5-18-11/h9-11,14-15H,3-8H2,1-2H3,(H,13,16). The van der Waals surface area contributed by atoms with Gasteiger partial charge < -0.3 is 25.2 Å². The Morgan fingerprint density at radius 2 is 2.39 bits per heavy atom. The average Bonchev–Trinajstić information content (AvgIpc) is 2.88. The molecule has 1 aliphatic rings. The molecule has 18 heavy (non-hydrogen) atoms. The summed E-state index contributed by atoms with van der Waals surface area (Å²) in [5, 5.41) is 15.1. The molecule has 0 bridgehead atoms. The van der Waals surface area contributed by atoms with E-state index in [4.69, 9.17) is 9.47 Å². The third-order valence-corrected chi connectivity index (χ3v) is 2.94. The number of hydrogen-bond donors (Lipinski definition) is 3. The van der Waals surface area contributed by atoms with Crippen molar-refractivity contribution in [3.8, 4) is 0 Å². The molecule has 3 unspecified atom stereocenters. The van der Waals surface area contributed by atoms with Gasteiger partial charge in [-0.25, -0.2) is 0 Å². The van der Waals surface area contributed by atoms with Crippen LogP contribution in [0.3, 0.4) is 0 Å². The number of nitrogens with one attached hydrogen (secondary N) is 2. The zero-order valence-corrected chi connectivity index (χ0v) is 11.1. The van der Waals surface area contributed by atoms with Crippen molar-refractivity contribution in [1.82, 2.24) is 10.6 Å². The Kier molecular flexibility index (Phi) is 7.19. The van der Waals surface area contributed by atoms with Gasteiger partial charge in [-0.05, 0) is 19.8 Å². The Labute approximate surface area is 108 Å². The summed E-state index contributed by atoms with van der Waals surface area (Å²) >= 11 is 0. The summed E-state index contributed by atoms with van der Waals surface area (Å²) in [5.41, 5.74) is 0. The van der Waals surface area contributed by atoms with Crippen LogP contribution in [0.5, 0.6) is 0 Å². The van der Waals surface area contributed by atoms with Gasteiger partial charge in [0.25, 0.3) is 0 Å². The normalized spacial score (nSPS) is 22.7. The van der Waals surface area contributed by atoms with Crippen LogP contribution in [0.1, 0.15) is 19.8 Å². The molecular weight excluding hydrogens is 236 g/mol. The highest BCUT2D eigenvalue weighted by Crippen LogP contribution is 2.11. The summed E-state index contributed by atoms with van der Waals surface area (Å²) in [5.74, 6) is -0.0949. The molecule has 1 aliphatic heterocycles. The number of carbonyl (C=O) groups excluding carboxylic acids is 1. The minimum atomic E-state index is -0.612. The lowest BCUT2D eigenvalue weighted by atomic mass is 10.2. The molecule has 3 N–H and O–H groups in total. The van der Waals surface area contributed by atoms with E-state index in [0.717, 1.165) is 19.4 Å². The molecule has 0 aliphatic carbocycles. The molecule has 0 aromatic carbocycles. The lowest BCUT2D eigenvalue weighted by Gasteiger charge is -2.17. The van der Waals surface area contributed by atoms with E-state index in [9.17, 15) is 9.90 Å². The number of likely N-dealkylation sites (N-methyl/N-ethyl adjacent to an activating group) is 1. The smallest absolute Gasteiger partial charge is 0.236 e. The Balaban J connectivity index is 2.02. The molecule has 1 saturated heterocycles. The monoisotopic (exact) mass is 260 g/mol. The van der Waals surface area contributed by atoms with Crippen molar-refractivity contribution in [2.24, 2.45) is 0 Å². The van der Waals surface area contributed by atoms with Gasteiger partial charge in [0.15, 0.2) is 0 Å². The highest BCUT2D eigenvalue weighted by Gasteiger charge is 2.17. The van der Waals surface area contributed by atoms with Crippen LogP contribution in [-0.4, -0.2) is 62.7 Å². The molecule has 1 rings (SSSR count). The predicted octanol–water partition coefficient (Wildman–Crippen LogP) is -0.733. The van der Waals surface area contributed by atoms with Crippen LogP contribution in [0.25, 0.3) is 0 Å². The largest absolute Gasteiger partial charge is 0.389 e. The second-order valence-electron chi connectivity index (χ2n) is 4.57. The van der Waals surface area contributed by atoms with Crippen molar-refractivity contribution in [2.75, 3.05) is 33.4 Å². The SMILES string of the molecule is CNC(=O)C(C)NCC(O)COCC1CCCO1. The van der Waals surface area contributed by atoms with Gasteiger partial charge in [-0.3, -0.25) is 4.79 Å². The van der Waals surface area contributed by atoms with Gasteiger partial charge in [0.2, 0.25) is 5.91 Å². The highest BCUT2D eigenvalue weighted by molar-refractivity contribution is 5.80. The summed E-state index contributed by atoms with van der Waals surface area (Å²) in [6, 6.07) is -0.317. The molecule has 0 radical (unpaired) electrons. The van der Waals surface area contributed by atoms with E-state index in [1.165, 1.54) is 0 Å². The van der Waals surface area contributed by atoms with Crippen LogP contribution in [0.4, 0.5) is 0 Å². The van der Waals surface area contributed by atoms with Crippen molar-refractivity contribution in [3.63, 3.8) is 0 Å². The van der Waals surface area contributed by atoms with Gasteiger partial charge >= 0.3 is 0 Å². The van der Waals surface area contributed by atoms with E-state index < -0.39 is 6.10 Å². The Morgan fingerprint density at radius 1 is 1.61 bits per heavy atom. The van der Waals surface area contributed by atoms with Crippen molar-refractivity contribution >= 4 is 5.91 Å². The first kappa shape index (κ1) is 15.4. The molecule has 6 nitrogen and oxygen atoms in total. The lowest BCUT2D eigenvalue weighted by Crippen LogP contribution is -2.44. The van der Waals surface area contributed by atoms with Crippen LogP contribution >= 0.6 is 0 Å². The Bertz CT molecular complexity index is 244. The van der Waals surface area contributed by atoms with Crippen LogP contribution < -0.4 is 10.6 Å². The molecule has 0 aromatic heterocycles. The molecule has 0 aromatic rings. The Hall–Kier alpha value is -0.690. The van der Waals surface area contributed by atoms with Gasteiger partial charge in [0.1, 0.15) is 0 Å². The summed E-state index contributed by atoms with van der Waals surface area (Å²) in [4.78, 5) is 11.2. The van der Waals surface area contributed by atoms with Crippen LogP contribution in [-0.2, 0) is 14.3 Å². The molecular formula is C12H24N2O4. The second-order valence-corrected chi connectivity index (χ2v) is 4.57. The van der Waals surface area contributed by atoms with Crippen LogP contribution in [0.2, 0.25) is 0 Å². The number of rotatable bonds is 8. The maximum atomic E-state index is 11.2. The van der Waals surface area contributed by atoms with Gasteiger partial charge in [0.05, 0.1) is 31.5 Å². The Morgan fingerprint density at radius 3 is 3.00 bits per heavy atom. The average molecular weight is 260 g/mol. The number of hydrogen-bond acceptors (Lipinski definition) is 5. The van der Waals surface area contributed by atoms with Crippen LogP contribution in [0, 0.1) is 0 Å². The van der Waals surface area contributed by atoms with Crippen molar-refractivity contribution in [1.29, 1.82) is 0 Å². The number of carbonyl (C=O) groups is 1. The maximum Gasteiger partial charge on any atom is 0.236 e.